The fraction of sp³-hybridized carbons (Fsp3) is 1.00. The van der Waals surface area contributed by atoms with Crippen LogP contribution in [-0.2, 0) is 4.57 Å². The van der Waals surface area contributed by atoms with Gasteiger partial charge in [-0.3, -0.25) is 4.57 Å². The molecule has 0 spiro atoms. The van der Waals surface area contributed by atoms with Crippen LogP contribution in [0.1, 0.15) is 41.5 Å². The largest absolute Gasteiger partial charge is 0.345 e. The van der Waals surface area contributed by atoms with Crippen LogP contribution in [0, 0.1) is 0 Å². The van der Waals surface area contributed by atoms with Gasteiger partial charge in [-0.1, -0.05) is 41.5 Å². The highest BCUT2D eigenvalue weighted by Crippen LogP contribution is 2.81. The first-order valence-corrected chi connectivity index (χ1v) is 7.89. The lowest BCUT2D eigenvalue weighted by molar-refractivity contribution is 0.392. The molecule has 80 valence electrons. The molecule has 0 saturated carbocycles. The molecule has 0 aliphatic heterocycles. The molecule has 0 aromatic carbocycles. The van der Waals surface area contributed by atoms with E-state index < -0.39 is 14.9 Å². The van der Waals surface area contributed by atoms with Crippen molar-refractivity contribution in [2.24, 2.45) is 0 Å². The summed E-state index contributed by atoms with van der Waals surface area (Å²) in [6.07, 6.45) is 0. The van der Waals surface area contributed by atoms with Crippen molar-refractivity contribution >= 4 is 14.9 Å². The van der Waals surface area contributed by atoms with E-state index in [4.69, 9.17) is 0 Å². The topological polar surface area (TPSA) is 57.5 Å². The van der Waals surface area contributed by atoms with Gasteiger partial charge in [0.25, 0.3) is 0 Å². The summed E-state index contributed by atoms with van der Waals surface area (Å²) in [6, 6.07) is 0. The molecule has 0 aromatic rings. The highest BCUT2D eigenvalue weighted by atomic mass is 32.1. The third-order valence-electron chi connectivity index (χ3n) is 1.53. The lowest BCUT2D eigenvalue weighted by Crippen LogP contribution is -2.24. The standard InChI is InChI=1S/C8H20O3P2/c1-7(2,3)12(8(4,5)6)13(9,10)11/h1-6H3,(H2,9,10,11). The van der Waals surface area contributed by atoms with Gasteiger partial charge in [0.2, 0.25) is 0 Å². The Hall–Kier alpha value is 0.580. The molecule has 3 nitrogen and oxygen atoms in total. The highest BCUT2D eigenvalue weighted by Gasteiger charge is 2.46. The zero-order chi connectivity index (χ0) is 11.1. The summed E-state index contributed by atoms with van der Waals surface area (Å²) in [5.74, 6) is 0. The highest BCUT2D eigenvalue weighted by molar-refractivity contribution is 8.29. The van der Waals surface area contributed by atoms with Crippen molar-refractivity contribution in [3.63, 3.8) is 0 Å². The van der Waals surface area contributed by atoms with Gasteiger partial charge in [-0.25, -0.2) is 0 Å². The van der Waals surface area contributed by atoms with Crippen molar-refractivity contribution in [2.75, 3.05) is 0 Å². The Labute approximate surface area is 81.7 Å². The molecular weight excluding hydrogens is 206 g/mol. The van der Waals surface area contributed by atoms with Crippen LogP contribution in [0.25, 0.3) is 0 Å². The average molecular weight is 226 g/mol. The molecule has 0 atom stereocenters. The molecule has 2 N–H and O–H groups in total. The zero-order valence-electron chi connectivity index (χ0n) is 9.20. The summed E-state index contributed by atoms with van der Waals surface area (Å²) in [6.45, 7) is 11.4. The Balaban J connectivity index is 5.15. The number of hydrogen-bond acceptors (Lipinski definition) is 1. The van der Waals surface area contributed by atoms with Crippen molar-refractivity contribution in [3.8, 4) is 0 Å². The van der Waals surface area contributed by atoms with E-state index in [-0.39, 0.29) is 10.3 Å². The second-order valence-corrected chi connectivity index (χ2v) is 12.3. The van der Waals surface area contributed by atoms with Gasteiger partial charge in [0.1, 0.15) is 0 Å². The van der Waals surface area contributed by atoms with E-state index in [9.17, 15) is 14.4 Å². The van der Waals surface area contributed by atoms with Crippen molar-refractivity contribution < 1.29 is 14.4 Å². The summed E-state index contributed by atoms with van der Waals surface area (Å²) in [4.78, 5) is 18.6. The molecule has 13 heavy (non-hydrogen) atoms. The Morgan fingerprint density at radius 3 is 1.15 bits per heavy atom. The van der Waals surface area contributed by atoms with Gasteiger partial charge in [0.05, 0.1) is 0 Å². The fourth-order valence-electron chi connectivity index (χ4n) is 1.79. The minimum absolute atomic E-state index is 0.313. The van der Waals surface area contributed by atoms with Crippen LogP contribution in [0.2, 0.25) is 0 Å². The minimum atomic E-state index is -3.95. The summed E-state index contributed by atoms with van der Waals surface area (Å²) < 4.78 is 11.3. The first-order valence-electron chi connectivity index (χ1n) is 4.23. The molecule has 0 saturated heterocycles. The molecule has 0 rings (SSSR count). The van der Waals surface area contributed by atoms with E-state index in [1.54, 1.807) is 0 Å². The molecule has 0 radical (unpaired) electrons. The van der Waals surface area contributed by atoms with Crippen LogP contribution >= 0.6 is 14.9 Å². The number of hydrogen-bond donors (Lipinski definition) is 2. The van der Waals surface area contributed by atoms with E-state index in [0.29, 0.717) is 0 Å². The Morgan fingerprint density at radius 2 is 1.15 bits per heavy atom. The SMILES string of the molecule is CC(C)(C)P(C(C)(C)C)P(=O)(O)O. The first-order chi connectivity index (χ1) is 5.37. The van der Waals surface area contributed by atoms with Gasteiger partial charge in [0.15, 0.2) is 0 Å². The molecule has 0 bridgehead atoms. The Kier molecular flexibility index (Phi) is 3.78. The Morgan fingerprint density at radius 1 is 0.923 bits per heavy atom. The lowest BCUT2D eigenvalue weighted by Gasteiger charge is -2.40. The van der Waals surface area contributed by atoms with Gasteiger partial charge >= 0.3 is 7.28 Å². The molecule has 0 unspecified atom stereocenters. The van der Waals surface area contributed by atoms with Crippen molar-refractivity contribution in [1.82, 2.24) is 0 Å². The molecule has 0 amide bonds. The van der Waals surface area contributed by atoms with E-state index in [0.717, 1.165) is 0 Å². The van der Waals surface area contributed by atoms with Crippen LogP contribution in [-0.4, -0.2) is 20.1 Å². The van der Waals surface area contributed by atoms with E-state index in [1.807, 2.05) is 41.5 Å². The van der Waals surface area contributed by atoms with Crippen LogP contribution < -0.4 is 0 Å². The third-order valence-corrected chi connectivity index (χ3v) is 9.76. The van der Waals surface area contributed by atoms with Gasteiger partial charge in [-0.05, 0) is 10.3 Å². The van der Waals surface area contributed by atoms with Crippen molar-refractivity contribution in [2.45, 2.75) is 51.9 Å². The summed E-state index contributed by atoms with van der Waals surface area (Å²) >= 11 is 0. The van der Waals surface area contributed by atoms with Crippen LogP contribution in [0.3, 0.4) is 0 Å². The Bertz CT molecular complexity index is 205. The normalized spacial score (nSPS) is 15.2. The molecule has 0 aliphatic carbocycles. The summed E-state index contributed by atoms with van der Waals surface area (Å²) in [7, 11) is -5.27. The molecule has 0 heterocycles. The first kappa shape index (κ1) is 13.6. The lowest BCUT2D eigenvalue weighted by atomic mass is 10.2. The zero-order valence-corrected chi connectivity index (χ0v) is 11.0. The maximum atomic E-state index is 11.3. The number of rotatable bonds is 1. The average Bonchev–Trinajstić information content (AvgIpc) is 1.44. The second-order valence-electron chi connectivity index (χ2n) is 5.17. The predicted octanol–water partition coefficient (Wildman–Crippen LogP) is 3.16. The summed E-state index contributed by atoms with van der Waals surface area (Å²) in [5.41, 5.74) is 0. The monoisotopic (exact) mass is 226 g/mol. The van der Waals surface area contributed by atoms with Gasteiger partial charge < -0.3 is 9.79 Å². The molecule has 5 heteroatoms. The van der Waals surface area contributed by atoms with Gasteiger partial charge in [0, 0.05) is 7.61 Å². The fourth-order valence-corrected chi connectivity index (χ4v) is 10.1. The minimum Gasteiger partial charge on any atom is -0.322 e. The van der Waals surface area contributed by atoms with Crippen LogP contribution in [0.15, 0.2) is 0 Å². The van der Waals surface area contributed by atoms with Gasteiger partial charge in [-0.2, -0.15) is 0 Å². The molecule has 0 fully saturated rings. The third kappa shape index (κ3) is 4.08. The predicted molar refractivity (Wildman–Crippen MR) is 58.5 cm³/mol. The molecule has 0 aromatic heterocycles. The van der Waals surface area contributed by atoms with Gasteiger partial charge in [-0.15, -0.1) is 0 Å². The summed E-state index contributed by atoms with van der Waals surface area (Å²) in [5, 5.41) is -0.626. The quantitative estimate of drug-likeness (QED) is 0.675. The van der Waals surface area contributed by atoms with Crippen molar-refractivity contribution in [3.05, 3.63) is 0 Å². The molecular formula is C8H20O3P2. The smallest absolute Gasteiger partial charge is 0.322 e. The van der Waals surface area contributed by atoms with E-state index in [2.05, 4.69) is 0 Å². The van der Waals surface area contributed by atoms with Crippen LogP contribution in [0.5, 0.6) is 0 Å². The van der Waals surface area contributed by atoms with E-state index >= 15 is 0 Å². The van der Waals surface area contributed by atoms with Crippen LogP contribution in [0.4, 0.5) is 0 Å². The van der Waals surface area contributed by atoms with E-state index in [1.165, 1.54) is 0 Å². The maximum Gasteiger partial charge on any atom is 0.345 e. The maximum absolute atomic E-state index is 11.3. The molecule has 0 aliphatic rings. The van der Waals surface area contributed by atoms with Crippen molar-refractivity contribution in [1.29, 1.82) is 0 Å². The second kappa shape index (κ2) is 3.62.